The van der Waals surface area contributed by atoms with E-state index in [1.54, 1.807) is 0 Å². The highest BCUT2D eigenvalue weighted by atomic mass is 16.3. The summed E-state index contributed by atoms with van der Waals surface area (Å²) in [5.74, 6) is 0.146. The van der Waals surface area contributed by atoms with Gasteiger partial charge in [0.2, 0.25) is 0 Å². The predicted octanol–water partition coefficient (Wildman–Crippen LogP) is 2.73. The molecule has 20 heavy (non-hydrogen) atoms. The first kappa shape index (κ1) is 14.7. The van der Waals surface area contributed by atoms with Crippen molar-refractivity contribution in [3.63, 3.8) is 0 Å². The minimum absolute atomic E-state index is 0.0828. The number of fused-ring (bicyclic) bond motifs is 1. The smallest absolute Gasteiger partial charge is 0.164 e. The zero-order valence-electron chi connectivity index (χ0n) is 12.0. The van der Waals surface area contributed by atoms with Gasteiger partial charge in [0, 0.05) is 24.6 Å². The predicted molar refractivity (Wildman–Crippen MR) is 82.1 cm³/mol. The van der Waals surface area contributed by atoms with Gasteiger partial charge >= 0.3 is 0 Å². The topological polar surface area (TPSA) is 40.5 Å². The van der Waals surface area contributed by atoms with Gasteiger partial charge in [-0.25, -0.2) is 0 Å². The van der Waals surface area contributed by atoms with Gasteiger partial charge < -0.3 is 10.0 Å². The summed E-state index contributed by atoms with van der Waals surface area (Å²) in [4.78, 5) is 14.2. The van der Waals surface area contributed by atoms with Crippen LogP contribution in [0.1, 0.15) is 23.7 Å². The van der Waals surface area contributed by atoms with Crippen molar-refractivity contribution >= 4 is 16.6 Å². The van der Waals surface area contributed by atoms with Crippen LogP contribution >= 0.6 is 0 Å². The SMILES string of the molecule is C[C@H](CO)N(C)CCC(=O)c1ccc2ccccc2c1. The minimum atomic E-state index is 0.0828. The lowest BCUT2D eigenvalue weighted by Gasteiger charge is -2.22. The van der Waals surface area contributed by atoms with E-state index in [1.807, 2.05) is 61.3 Å². The maximum atomic E-state index is 12.2. The Hall–Kier alpha value is -1.71. The Morgan fingerprint density at radius 1 is 1.20 bits per heavy atom. The van der Waals surface area contributed by atoms with Crippen molar-refractivity contribution in [1.82, 2.24) is 4.90 Å². The lowest BCUT2D eigenvalue weighted by molar-refractivity contribution is 0.0947. The molecule has 2 aromatic rings. The van der Waals surface area contributed by atoms with Crippen LogP contribution < -0.4 is 0 Å². The molecule has 1 atom stereocenters. The number of likely N-dealkylation sites (N-methyl/N-ethyl adjacent to an activating group) is 1. The van der Waals surface area contributed by atoms with Gasteiger partial charge in [0.15, 0.2) is 5.78 Å². The molecule has 0 aliphatic heterocycles. The van der Waals surface area contributed by atoms with Crippen molar-refractivity contribution < 1.29 is 9.90 Å². The van der Waals surface area contributed by atoms with Gasteiger partial charge in [-0.15, -0.1) is 0 Å². The molecule has 0 saturated heterocycles. The maximum Gasteiger partial charge on any atom is 0.164 e. The number of hydrogen-bond donors (Lipinski definition) is 1. The number of aliphatic hydroxyl groups excluding tert-OH is 1. The largest absolute Gasteiger partial charge is 0.395 e. The zero-order valence-corrected chi connectivity index (χ0v) is 12.0. The summed E-state index contributed by atoms with van der Waals surface area (Å²) >= 11 is 0. The van der Waals surface area contributed by atoms with E-state index in [4.69, 9.17) is 5.11 Å². The van der Waals surface area contributed by atoms with Gasteiger partial charge in [-0.1, -0.05) is 36.4 Å². The number of carbonyl (C=O) groups is 1. The van der Waals surface area contributed by atoms with E-state index in [9.17, 15) is 4.79 Å². The Morgan fingerprint density at radius 3 is 2.60 bits per heavy atom. The van der Waals surface area contributed by atoms with Gasteiger partial charge in [-0.2, -0.15) is 0 Å². The lowest BCUT2D eigenvalue weighted by Crippen LogP contribution is -2.33. The highest BCUT2D eigenvalue weighted by Gasteiger charge is 2.11. The molecule has 0 fully saturated rings. The number of benzene rings is 2. The highest BCUT2D eigenvalue weighted by Crippen LogP contribution is 2.16. The fraction of sp³-hybridized carbons (Fsp3) is 0.353. The van der Waals surface area contributed by atoms with E-state index >= 15 is 0 Å². The molecule has 0 amide bonds. The van der Waals surface area contributed by atoms with Crippen molar-refractivity contribution in [3.05, 3.63) is 48.0 Å². The molecule has 0 unspecified atom stereocenters. The Labute approximate surface area is 119 Å². The number of nitrogens with zero attached hydrogens (tertiary/aromatic N) is 1. The molecule has 2 aromatic carbocycles. The summed E-state index contributed by atoms with van der Waals surface area (Å²) in [6.07, 6.45) is 0.471. The minimum Gasteiger partial charge on any atom is -0.395 e. The third-order valence-corrected chi connectivity index (χ3v) is 3.78. The van der Waals surface area contributed by atoms with Crippen LogP contribution in [-0.4, -0.2) is 42.0 Å². The molecule has 0 bridgehead atoms. The quantitative estimate of drug-likeness (QED) is 0.821. The zero-order chi connectivity index (χ0) is 14.5. The molecule has 0 aliphatic rings. The molecule has 0 radical (unpaired) electrons. The van der Waals surface area contributed by atoms with E-state index in [0.29, 0.717) is 13.0 Å². The first-order valence-corrected chi connectivity index (χ1v) is 6.95. The normalized spacial score (nSPS) is 12.8. The monoisotopic (exact) mass is 271 g/mol. The number of aliphatic hydroxyl groups is 1. The van der Waals surface area contributed by atoms with Gasteiger partial charge in [-0.3, -0.25) is 4.79 Å². The van der Waals surface area contributed by atoms with Crippen LogP contribution in [0.15, 0.2) is 42.5 Å². The highest BCUT2D eigenvalue weighted by molar-refractivity contribution is 6.00. The van der Waals surface area contributed by atoms with E-state index in [2.05, 4.69) is 0 Å². The van der Waals surface area contributed by atoms with Crippen LogP contribution in [-0.2, 0) is 0 Å². The van der Waals surface area contributed by atoms with Crippen molar-refractivity contribution in [2.75, 3.05) is 20.2 Å². The Kier molecular flexibility index (Phi) is 4.88. The van der Waals surface area contributed by atoms with Crippen LogP contribution in [0.5, 0.6) is 0 Å². The molecule has 106 valence electrons. The fourth-order valence-corrected chi connectivity index (χ4v) is 2.14. The average molecular weight is 271 g/mol. The van der Waals surface area contributed by atoms with E-state index in [1.165, 1.54) is 0 Å². The van der Waals surface area contributed by atoms with Crippen LogP contribution in [0.4, 0.5) is 0 Å². The van der Waals surface area contributed by atoms with Crippen molar-refractivity contribution in [2.24, 2.45) is 0 Å². The van der Waals surface area contributed by atoms with Crippen molar-refractivity contribution in [1.29, 1.82) is 0 Å². The molecular formula is C17H21NO2. The molecule has 0 heterocycles. The van der Waals surface area contributed by atoms with Gasteiger partial charge in [0.05, 0.1) is 6.61 Å². The second kappa shape index (κ2) is 6.64. The summed E-state index contributed by atoms with van der Waals surface area (Å²) < 4.78 is 0. The molecule has 1 N–H and O–H groups in total. The fourth-order valence-electron chi connectivity index (χ4n) is 2.14. The summed E-state index contributed by atoms with van der Waals surface area (Å²) in [5.41, 5.74) is 0.758. The lowest BCUT2D eigenvalue weighted by atomic mass is 10.0. The Morgan fingerprint density at radius 2 is 1.90 bits per heavy atom. The Balaban J connectivity index is 2.04. The molecule has 2 rings (SSSR count). The van der Waals surface area contributed by atoms with Gasteiger partial charge in [0.25, 0.3) is 0 Å². The van der Waals surface area contributed by atoms with Crippen LogP contribution in [0, 0.1) is 0 Å². The molecule has 0 aliphatic carbocycles. The van der Waals surface area contributed by atoms with Crippen molar-refractivity contribution in [3.8, 4) is 0 Å². The molecular weight excluding hydrogens is 250 g/mol. The van der Waals surface area contributed by atoms with Crippen molar-refractivity contribution in [2.45, 2.75) is 19.4 Å². The number of carbonyl (C=O) groups excluding carboxylic acids is 1. The van der Waals surface area contributed by atoms with Gasteiger partial charge in [0.1, 0.15) is 0 Å². The van der Waals surface area contributed by atoms with Crippen LogP contribution in [0.2, 0.25) is 0 Å². The second-order valence-corrected chi connectivity index (χ2v) is 5.25. The second-order valence-electron chi connectivity index (χ2n) is 5.25. The van der Waals surface area contributed by atoms with Crippen LogP contribution in [0.25, 0.3) is 10.8 Å². The van der Waals surface area contributed by atoms with E-state index in [0.717, 1.165) is 16.3 Å². The van der Waals surface area contributed by atoms with E-state index < -0.39 is 0 Å². The third kappa shape index (κ3) is 3.44. The molecule has 0 aromatic heterocycles. The number of rotatable bonds is 6. The molecule has 3 heteroatoms. The first-order chi connectivity index (χ1) is 9.61. The number of hydrogen-bond acceptors (Lipinski definition) is 3. The maximum absolute atomic E-state index is 12.2. The summed E-state index contributed by atoms with van der Waals surface area (Å²) in [5, 5.41) is 11.3. The Bertz CT molecular complexity index is 594. The standard InChI is InChI=1S/C17H21NO2/c1-13(12-19)18(2)10-9-17(20)16-8-7-14-5-3-4-6-15(14)11-16/h3-8,11,13,19H,9-10,12H2,1-2H3/t13-/m1/s1. The number of Topliss-reactive ketones (excluding diaryl/α,β-unsaturated/α-hetero) is 1. The van der Waals surface area contributed by atoms with E-state index in [-0.39, 0.29) is 18.4 Å². The third-order valence-electron chi connectivity index (χ3n) is 3.78. The summed E-state index contributed by atoms with van der Waals surface area (Å²) in [7, 11) is 1.93. The number of ketones is 1. The summed E-state index contributed by atoms with van der Waals surface area (Å²) in [6.45, 7) is 2.72. The molecule has 0 spiro atoms. The molecule has 0 saturated carbocycles. The molecule has 3 nitrogen and oxygen atoms in total. The van der Waals surface area contributed by atoms with Crippen LogP contribution in [0.3, 0.4) is 0 Å². The first-order valence-electron chi connectivity index (χ1n) is 6.95. The summed E-state index contributed by atoms with van der Waals surface area (Å²) in [6, 6.07) is 13.9. The average Bonchev–Trinajstić information content (AvgIpc) is 2.50. The van der Waals surface area contributed by atoms with Gasteiger partial charge in [-0.05, 0) is 30.8 Å².